The zero-order chi connectivity index (χ0) is 21.2. The van der Waals surface area contributed by atoms with Gasteiger partial charge in [0.15, 0.2) is 0 Å². The molecule has 30 heavy (non-hydrogen) atoms. The van der Waals surface area contributed by atoms with Crippen LogP contribution in [-0.2, 0) is 11.2 Å². The Morgan fingerprint density at radius 1 is 1.17 bits per heavy atom. The molecule has 0 spiro atoms. The van der Waals surface area contributed by atoms with Crippen LogP contribution in [0.2, 0.25) is 0 Å². The second-order valence-electron chi connectivity index (χ2n) is 7.05. The lowest BCUT2D eigenvalue weighted by molar-refractivity contribution is 0.0394. The number of rotatable bonds is 7. The third kappa shape index (κ3) is 6.57. The number of hydrogen-bond donors (Lipinski definition) is 2. The molecule has 1 saturated heterocycles. The number of carbonyl (C=O) groups is 1. The van der Waals surface area contributed by atoms with E-state index in [0.29, 0.717) is 23.8 Å². The molecule has 1 heterocycles. The van der Waals surface area contributed by atoms with Gasteiger partial charge < -0.3 is 14.8 Å². The molecule has 2 aromatic rings. The maximum absolute atomic E-state index is 12.8. The lowest BCUT2D eigenvalue weighted by Gasteiger charge is -2.25. The molecule has 0 unspecified atom stereocenters. The normalized spacial score (nSPS) is 14.9. The lowest BCUT2D eigenvalue weighted by atomic mass is 10.1. The van der Waals surface area contributed by atoms with Crippen molar-refractivity contribution in [3.05, 3.63) is 59.7 Å². The molecule has 1 aliphatic heterocycles. The number of aryl methyl sites for hydroxylation is 1. The van der Waals surface area contributed by atoms with E-state index in [9.17, 15) is 4.79 Å². The van der Waals surface area contributed by atoms with E-state index < -0.39 is 0 Å². The summed E-state index contributed by atoms with van der Waals surface area (Å²) < 4.78 is 10.6. The quantitative estimate of drug-likeness (QED) is 0.542. The molecule has 0 aliphatic carbocycles. The van der Waals surface area contributed by atoms with Crippen molar-refractivity contribution in [3.8, 4) is 5.75 Å². The second kappa shape index (κ2) is 11.3. The van der Waals surface area contributed by atoms with Crippen molar-refractivity contribution in [2.45, 2.75) is 13.3 Å². The van der Waals surface area contributed by atoms with Gasteiger partial charge in [0.1, 0.15) is 5.75 Å². The number of nitrogens with zero attached hydrogens (tertiary/aromatic N) is 2. The van der Waals surface area contributed by atoms with Crippen molar-refractivity contribution in [2.24, 2.45) is 4.99 Å². The monoisotopic (exact) mass is 410 g/mol. The molecule has 2 N–H and O–H groups in total. The van der Waals surface area contributed by atoms with Gasteiger partial charge >= 0.3 is 0 Å². The standard InChI is InChI=1S/C23H30N4O3/c1-3-18-6-4-8-20(16-18)25-23(24-10-11-27-12-14-30-15-13-27)26-22(28)19-7-5-9-21(17-19)29-2/h4-9,16-17H,3,10-15H2,1-2H3,(H2,24,25,26,28). The van der Waals surface area contributed by atoms with Crippen LogP contribution in [0.5, 0.6) is 5.75 Å². The van der Waals surface area contributed by atoms with Crippen molar-refractivity contribution in [1.82, 2.24) is 10.2 Å². The van der Waals surface area contributed by atoms with E-state index in [4.69, 9.17) is 9.47 Å². The van der Waals surface area contributed by atoms with Gasteiger partial charge in [0.2, 0.25) is 5.96 Å². The van der Waals surface area contributed by atoms with Crippen LogP contribution in [0.25, 0.3) is 0 Å². The summed E-state index contributed by atoms with van der Waals surface area (Å²) in [6.07, 6.45) is 0.940. The molecule has 0 radical (unpaired) electrons. The van der Waals surface area contributed by atoms with Gasteiger partial charge in [-0.2, -0.15) is 0 Å². The maximum Gasteiger partial charge on any atom is 0.258 e. The van der Waals surface area contributed by atoms with E-state index >= 15 is 0 Å². The average molecular weight is 411 g/mol. The Bertz CT molecular complexity index is 863. The van der Waals surface area contributed by atoms with E-state index in [-0.39, 0.29) is 5.91 Å². The molecule has 160 valence electrons. The number of methoxy groups -OCH3 is 1. The third-order valence-electron chi connectivity index (χ3n) is 4.95. The van der Waals surface area contributed by atoms with Gasteiger partial charge in [0.25, 0.3) is 5.91 Å². The van der Waals surface area contributed by atoms with Crippen LogP contribution in [0, 0.1) is 0 Å². The van der Waals surface area contributed by atoms with Gasteiger partial charge in [-0.25, -0.2) is 0 Å². The molecule has 0 atom stereocenters. The van der Waals surface area contributed by atoms with Crippen LogP contribution in [0.15, 0.2) is 53.5 Å². The van der Waals surface area contributed by atoms with E-state index in [1.54, 1.807) is 25.3 Å². The third-order valence-corrected chi connectivity index (χ3v) is 4.95. The number of benzene rings is 2. The summed E-state index contributed by atoms with van der Waals surface area (Å²) in [5.41, 5.74) is 2.62. The highest BCUT2D eigenvalue weighted by Gasteiger charge is 2.12. The minimum Gasteiger partial charge on any atom is -0.497 e. The number of morpholine rings is 1. The minimum atomic E-state index is -0.238. The number of anilines is 1. The molecule has 0 saturated carbocycles. The van der Waals surface area contributed by atoms with Crippen molar-refractivity contribution in [1.29, 1.82) is 0 Å². The Balaban J connectivity index is 1.71. The summed E-state index contributed by atoms with van der Waals surface area (Å²) in [7, 11) is 1.58. The number of nitrogens with one attached hydrogen (secondary N) is 2. The predicted molar refractivity (Wildman–Crippen MR) is 119 cm³/mol. The molecular weight excluding hydrogens is 380 g/mol. The molecule has 7 nitrogen and oxygen atoms in total. The molecule has 0 bridgehead atoms. The fourth-order valence-electron chi connectivity index (χ4n) is 3.19. The van der Waals surface area contributed by atoms with Crippen LogP contribution >= 0.6 is 0 Å². The second-order valence-corrected chi connectivity index (χ2v) is 7.05. The Kier molecular flexibility index (Phi) is 8.23. The Hall–Kier alpha value is -2.90. The Labute approximate surface area is 178 Å². The van der Waals surface area contributed by atoms with E-state index in [1.165, 1.54) is 5.56 Å². The summed E-state index contributed by atoms with van der Waals surface area (Å²) in [5, 5.41) is 6.17. The SMILES string of the molecule is CCc1cccc(NC(=NCCN2CCOCC2)NC(=O)c2cccc(OC)c2)c1. The Morgan fingerprint density at radius 3 is 2.73 bits per heavy atom. The summed E-state index contributed by atoms with van der Waals surface area (Å²) in [6, 6.07) is 15.2. The number of amides is 1. The number of ether oxygens (including phenoxy) is 2. The van der Waals surface area contributed by atoms with Gasteiger partial charge in [-0.1, -0.05) is 25.1 Å². The summed E-state index contributed by atoms with van der Waals surface area (Å²) in [6.45, 7) is 6.84. The molecule has 1 aliphatic rings. The highest BCUT2D eigenvalue weighted by Crippen LogP contribution is 2.13. The van der Waals surface area contributed by atoms with E-state index in [2.05, 4.69) is 39.6 Å². The Morgan fingerprint density at radius 2 is 1.97 bits per heavy atom. The highest BCUT2D eigenvalue weighted by atomic mass is 16.5. The van der Waals surface area contributed by atoms with Gasteiger partial charge in [-0.3, -0.25) is 20.0 Å². The summed E-state index contributed by atoms with van der Waals surface area (Å²) in [5.74, 6) is 0.833. The minimum absolute atomic E-state index is 0.238. The molecule has 1 amide bonds. The molecule has 0 aromatic heterocycles. The first-order valence-corrected chi connectivity index (χ1v) is 10.3. The van der Waals surface area contributed by atoms with Crippen molar-refractivity contribution < 1.29 is 14.3 Å². The van der Waals surface area contributed by atoms with Crippen molar-refractivity contribution >= 4 is 17.6 Å². The van der Waals surface area contributed by atoms with Gasteiger partial charge in [-0.05, 0) is 42.3 Å². The lowest BCUT2D eigenvalue weighted by Crippen LogP contribution is -2.39. The van der Waals surface area contributed by atoms with Crippen LogP contribution in [0.1, 0.15) is 22.8 Å². The average Bonchev–Trinajstić information content (AvgIpc) is 2.80. The number of guanidine groups is 1. The topological polar surface area (TPSA) is 75.2 Å². The number of aliphatic imine (C=N–C) groups is 1. The smallest absolute Gasteiger partial charge is 0.258 e. The molecule has 3 rings (SSSR count). The molecule has 7 heteroatoms. The van der Waals surface area contributed by atoms with Crippen molar-refractivity contribution in [3.63, 3.8) is 0 Å². The van der Waals surface area contributed by atoms with Crippen molar-refractivity contribution in [2.75, 3.05) is 51.8 Å². The fraction of sp³-hybridized carbons (Fsp3) is 0.391. The van der Waals surface area contributed by atoms with E-state index in [0.717, 1.165) is 45.0 Å². The van der Waals surface area contributed by atoms with E-state index in [1.807, 2.05) is 18.2 Å². The van der Waals surface area contributed by atoms with Crippen LogP contribution in [-0.4, -0.2) is 63.3 Å². The van der Waals surface area contributed by atoms with Crippen LogP contribution in [0.3, 0.4) is 0 Å². The number of hydrogen-bond acceptors (Lipinski definition) is 5. The van der Waals surface area contributed by atoms with Crippen LogP contribution < -0.4 is 15.4 Å². The van der Waals surface area contributed by atoms with Crippen LogP contribution in [0.4, 0.5) is 5.69 Å². The first-order chi connectivity index (χ1) is 14.7. The first kappa shape index (κ1) is 21.8. The van der Waals surface area contributed by atoms with Gasteiger partial charge in [0.05, 0.1) is 26.9 Å². The fourth-order valence-corrected chi connectivity index (χ4v) is 3.19. The largest absolute Gasteiger partial charge is 0.497 e. The van der Waals surface area contributed by atoms with Gasteiger partial charge in [-0.15, -0.1) is 0 Å². The predicted octanol–water partition coefficient (Wildman–Crippen LogP) is 2.79. The first-order valence-electron chi connectivity index (χ1n) is 10.3. The van der Waals surface area contributed by atoms with Gasteiger partial charge in [0, 0.05) is 30.9 Å². The summed E-state index contributed by atoms with van der Waals surface area (Å²) in [4.78, 5) is 19.7. The number of carbonyl (C=O) groups excluding carboxylic acids is 1. The molecule has 2 aromatic carbocycles. The highest BCUT2D eigenvalue weighted by molar-refractivity contribution is 6.10. The molecule has 1 fully saturated rings. The molecular formula is C23H30N4O3. The zero-order valence-corrected chi connectivity index (χ0v) is 17.7. The maximum atomic E-state index is 12.8. The zero-order valence-electron chi connectivity index (χ0n) is 17.7. The summed E-state index contributed by atoms with van der Waals surface area (Å²) >= 11 is 0.